The van der Waals surface area contributed by atoms with Crippen molar-refractivity contribution in [3.05, 3.63) is 47.3 Å². The number of anilines is 1. The van der Waals surface area contributed by atoms with Crippen molar-refractivity contribution < 1.29 is 9.53 Å². The molecule has 6 nitrogen and oxygen atoms in total. The number of aromatic nitrogens is 2. The zero-order chi connectivity index (χ0) is 18.2. The summed E-state index contributed by atoms with van der Waals surface area (Å²) < 4.78 is 5.34. The van der Waals surface area contributed by atoms with Crippen LogP contribution in [0.3, 0.4) is 0 Å². The lowest BCUT2D eigenvalue weighted by molar-refractivity contribution is 0.0947. The van der Waals surface area contributed by atoms with Crippen molar-refractivity contribution in [1.82, 2.24) is 15.3 Å². The van der Waals surface area contributed by atoms with E-state index in [4.69, 9.17) is 4.74 Å². The lowest BCUT2D eigenvalue weighted by Crippen LogP contribution is -2.26. The number of rotatable bonds is 8. The predicted octanol–water partition coefficient (Wildman–Crippen LogP) is 3.18. The van der Waals surface area contributed by atoms with E-state index in [1.807, 2.05) is 31.2 Å². The van der Waals surface area contributed by atoms with Crippen LogP contribution >= 0.6 is 0 Å². The van der Waals surface area contributed by atoms with Crippen LogP contribution in [0, 0.1) is 12.8 Å². The number of hydrogen-bond acceptors (Lipinski definition) is 5. The molecule has 0 aliphatic heterocycles. The molecule has 0 fully saturated rings. The smallest absolute Gasteiger partial charge is 0.270 e. The monoisotopic (exact) mass is 342 g/mol. The minimum absolute atomic E-state index is 0.175. The highest BCUT2D eigenvalue weighted by atomic mass is 16.5. The summed E-state index contributed by atoms with van der Waals surface area (Å²) in [6, 6.07) is 9.44. The first kappa shape index (κ1) is 18.7. The molecule has 2 N–H and O–H groups in total. The molecule has 0 radical (unpaired) electrons. The summed E-state index contributed by atoms with van der Waals surface area (Å²) in [5.74, 6) is 1.60. The quantitative estimate of drug-likeness (QED) is 0.770. The Hall–Kier alpha value is -2.63. The van der Waals surface area contributed by atoms with Crippen LogP contribution in [0.2, 0.25) is 0 Å². The van der Waals surface area contributed by atoms with Gasteiger partial charge in [0.15, 0.2) is 0 Å². The molecule has 0 unspecified atom stereocenters. The van der Waals surface area contributed by atoms with Crippen LogP contribution in [0.1, 0.15) is 42.0 Å². The first-order valence-corrected chi connectivity index (χ1v) is 8.49. The summed E-state index contributed by atoms with van der Waals surface area (Å²) in [6.07, 6.45) is 0.939. The van der Waals surface area contributed by atoms with E-state index in [2.05, 4.69) is 34.4 Å². The molecule has 0 saturated carbocycles. The molecule has 0 atom stereocenters. The molecule has 1 aromatic heterocycles. The number of carbonyl (C=O) groups excluding carboxylic acids is 1. The Bertz CT molecular complexity index is 716. The lowest BCUT2D eigenvalue weighted by Gasteiger charge is -2.11. The fraction of sp³-hybridized carbons (Fsp3) is 0.421. The van der Waals surface area contributed by atoms with E-state index >= 15 is 0 Å². The summed E-state index contributed by atoms with van der Waals surface area (Å²) in [5, 5.41) is 6.06. The largest absolute Gasteiger partial charge is 0.496 e. The summed E-state index contributed by atoms with van der Waals surface area (Å²) in [6.45, 7) is 7.26. The van der Waals surface area contributed by atoms with Gasteiger partial charge in [-0.25, -0.2) is 9.97 Å². The molecule has 134 valence electrons. The normalized spacial score (nSPS) is 10.6. The fourth-order valence-electron chi connectivity index (χ4n) is 2.35. The Morgan fingerprint density at radius 1 is 1.24 bits per heavy atom. The molecular formula is C19H26N4O2. The van der Waals surface area contributed by atoms with Gasteiger partial charge in [0, 0.05) is 24.3 Å². The van der Waals surface area contributed by atoms with Gasteiger partial charge in [-0.3, -0.25) is 4.79 Å². The average molecular weight is 342 g/mol. The molecular weight excluding hydrogens is 316 g/mol. The van der Waals surface area contributed by atoms with Gasteiger partial charge in [0.2, 0.25) is 5.95 Å². The molecule has 0 aliphatic rings. The maximum atomic E-state index is 12.3. The van der Waals surface area contributed by atoms with E-state index in [0.29, 0.717) is 30.6 Å². The third-order valence-corrected chi connectivity index (χ3v) is 3.72. The Morgan fingerprint density at radius 2 is 2.00 bits per heavy atom. The van der Waals surface area contributed by atoms with Crippen LogP contribution in [0.25, 0.3) is 0 Å². The van der Waals surface area contributed by atoms with Gasteiger partial charge in [-0.2, -0.15) is 0 Å². The van der Waals surface area contributed by atoms with Crippen LogP contribution in [0.5, 0.6) is 5.75 Å². The van der Waals surface area contributed by atoms with E-state index in [1.54, 1.807) is 13.2 Å². The Morgan fingerprint density at radius 3 is 2.72 bits per heavy atom. The van der Waals surface area contributed by atoms with Crippen molar-refractivity contribution in [2.75, 3.05) is 19.0 Å². The van der Waals surface area contributed by atoms with Gasteiger partial charge in [-0.1, -0.05) is 32.0 Å². The summed E-state index contributed by atoms with van der Waals surface area (Å²) in [7, 11) is 1.64. The highest BCUT2D eigenvalue weighted by molar-refractivity contribution is 5.92. The lowest BCUT2D eigenvalue weighted by atomic mass is 10.1. The molecule has 6 heteroatoms. The van der Waals surface area contributed by atoms with Crippen LogP contribution in [-0.4, -0.2) is 29.5 Å². The highest BCUT2D eigenvalue weighted by Crippen LogP contribution is 2.18. The third kappa shape index (κ3) is 5.74. The number of carbonyl (C=O) groups is 1. The van der Waals surface area contributed by atoms with Crippen LogP contribution in [0.4, 0.5) is 5.95 Å². The fourth-order valence-corrected chi connectivity index (χ4v) is 2.35. The first-order valence-electron chi connectivity index (χ1n) is 8.49. The SMILES string of the molecule is COc1ccccc1CNc1nc(C)cc(C(=O)NCCC(C)C)n1. The number of ether oxygens (including phenoxy) is 1. The van der Waals surface area contributed by atoms with Crippen molar-refractivity contribution in [2.45, 2.75) is 33.7 Å². The molecule has 0 spiro atoms. The average Bonchev–Trinajstić information content (AvgIpc) is 2.59. The number of hydrogen-bond donors (Lipinski definition) is 2. The molecule has 1 heterocycles. The predicted molar refractivity (Wildman–Crippen MR) is 98.9 cm³/mol. The first-order chi connectivity index (χ1) is 12.0. The Labute approximate surface area is 149 Å². The topological polar surface area (TPSA) is 76.1 Å². The van der Waals surface area contributed by atoms with Crippen molar-refractivity contribution in [3.8, 4) is 5.75 Å². The Balaban J connectivity index is 2.04. The molecule has 2 rings (SSSR count). The van der Waals surface area contributed by atoms with Gasteiger partial charge in [-0.05, 0) is 31.4 Å². The molecule has 0 aliphatic carbocycles. The highest BCUT2D eigenvalue weighted by Gasteiger charge is 2.11. The van der Waals surface area contributed by atoms with Crippen molar-refractivity contribution in [3.63, 3.8) is 0 Å². The standard InChI is InChI=1S/C19H26N4O2/c1-13(2)9-10-20-18(24)16-11-14(3)22-19(23-16)21-12-15-7-5-6-8-17(15)25-4/h5-8,11,13H,9-10,12H2,1-4H3,(H,20,24)(H,21,22,23). The number of methoxy groups -OCH3 is 1. The van der Waals surface area contributed by atoms with Crippen molar-refractivity contribution in [2.24, 2.45) is 5.92 Å². The Kier molecular flexibility index (Phi) is 6.74. The summed E-state index contributed by atoms with van der Waals surface area (Å²) in [5.41, 5.74) is 2.11. The number of nitrogens with zero attached hydrogens (tertiary/aromatic N) is 2. The minimum Gasteiger partial charge on any atom is -0.496 e. The second-order valence-corrected chi connectivity index (χ2v) is 6.32. The number of benzene rings is 1. The number of aryl methyl sites for hydroxylation is 1. The summed E-state index contributed by atoms with van der Waals surface area (Å²) in [4.78, 5) is 20.9. The third-order valence-electron chi connectivity index (χ3n) is 3.72. The second kappa shape index (κ2) is 9.01. The van der Waals surface area contributed by atoms with Gasteiger partial charge >= 0.3 is 0 Å². The maximum Gasteiger partial charge on any atom is 0.270 e. The second-order valence-electron chi connectivity index (χ2n) is 6.32. The van der Waals surface area contributed by atoms with Gasteiger partial charge in [0.05, 0.1) is 7.11 Å². The van der Waals surface area contributed by atoms with Crippen LogP contribution < -0.4 is 15.4 Å². The van der Waals surface area contributed by atoms with E-state index < -0.39 is 0 Å². The van der Waals surface area contributed by atoms with E-state index in [0.717, 1.165) is 23.4 Å². The van der Waals surface area contributed by atoms with E-state index in [9.17, 15) is 4.79 Å². The molecule has 0 saturated heterocycles. The zero-order valence-electron chi connectivity index (χ0n) is 15.3. The van der Waals surface area contributed by atoms with E-state index in [1.165, 1.54) is 0 Å². The number of para-hydroxylation sites is 1. The molecule has 1 amide bonds. The number of nitrogens with one attached hydrogen (secondary N) is 2. The van der Waals surface area contributed by atoms with Crippen LogP contribution in [0.15, 0.2) is 30.3 Å². The summed E-state index contributed by atoms with van der Waals surface area (Å²) >= 11 is 0. The minimum atomic E-state index is -0.175. The zero-order valence-corrected chi connectivity index (χ0v) is 15.3. The van der Waals surface area contributed by atoms with Gasteiger partial charge < -0.3 is 15.4 Å². The molecule has 2 aromatic rings. The number of amides is 1. The molecule has 0 bridgehead atoms. The molecule has 25 heavy (non-hydrogen) atoms. The van der Waals surface area contributed by atoms with Crippen molar-refractivity contribution in [1.29, 1.82) is 0 Å². The maximum absolute atomic E-state index is 12.3. The van der Waals surface area contributed by atoms with Crippen molar-refractivity contribution >= 4 is 11.9 Å². The van der Waals surface area contributed by atoms with Gasteiger partial charge in [0.1, 0.15) is 11.4 Å². The molecule has 1 aromatic carbocycles. The van der Waals surface area contributed by atoms with Gasteiger partial charge in [-0.15, -0.1) is 0 Å². The van der Waals surface area contributed by atoms with Gasteiger partial charge in [0.25, 0.3) is 5.91 Å². The van der Waals surface area contributed by atoms with E-state index in [-0.39, 0.29) is 5.91 Å². The van der Waals surface area contributed by atoms with Crippen LogP contribution in [-0.2, 0) is 6.54 Å².